The minimum atomic E-state index is 0.418. The smallest absolute Gasteiger partial charge is 0.315 e. The SMILES string of the molecule is CC(C)NCc1nnc(NC2CCCCC2C(C)C)o1. The Morgan fingerprint density at radius 2 is 1.90 bits per heavy atom. The maximum absolute atomic E-state index is 5.67. The maximum atomic E-state index is 5.67. The van der Waals surface area contributed by atoms with Crippen molar-refractivity contribution in [2.45, 2.75) is 72.0 Å². The number of nitrogens with one attached hydrogen (secondary N) is 2. The van der Waals surface area contributed by atoms with E-state index in [-0.39, 0.29) is 0 Å². The molecular weight excluding hydrogens is 252 g/mol. The minimum Gasteiger partial charge on any atom is -0.407 e. The van der Waals surface area contributed by atoms with Gasteiger partial charge < -0.3 is 15.1 Å². The highest BCUT2D eigenvalue weighted by atomic mass is 16.4. The molecule has 1 aromatic rings. The molecular formula is C15H28N4O. The fraction of sp³-hybridized carbons (Fsp3) is 0.867. The highest BCUT2D eigenvalue weighted by Gasteiger charge is 2.28. The van der Waals surface area contributed by atoms with E-state index < -0.39 is 0 Å². The van der Waals surface area contributed by atoms with E-state index in [1.54, 1.807) is 0 Å². The van der Waals surface area contributed by atoms with Gasteiger partial charge in [0.2, 0.25) is 5.89 Å². The lowest BCUT2D eigenvalue weighted by atomic mass is 9.78. The number of rotatable bonds is 6. The summed E-state index contributed by atoms with van der Waals surface area (Å²) in [6, 6.07) is 1.46. The highest BCUT2D eigenvalue weighted by molar-refractivity contribution is 5.20. The standard InChI is InChI=1S/C15H28N4O/c1-10(2)12-7-5-6-8-13(12)17-15-19-18-14(20-15)9-16-11(3)4/h10-13,16H,5-9H2,1-4H3,(H,17,19). The van der Waals surface area contributed by atoms with E-state index >= 15 is 0 Å². The molecule has 1 aromatic heterocycles. The molecule has 0 saturated heterocycles. The Balaban J connectivity index is 1.91. The van der Waals surface area contributed by atoms with Crippen LogP contribution in [-0.2, 0) is 6.54 Å². The van der Waals surface area contributed by atoms with Crippen LogP contribution in [0.25, 0.3) is 0 Å². The number of nitrogens with zero attached hydrogens (tertiary/aromatic N) is 2. The number of anilines is 1. The van der Waals surface area contributed by atoms with Gasteiger partial charge in [-0.2, -0.15) is 0 Å². The van der Waals surface area contributed by atoms with Crippen LogP contribution in [-0.4, -0.2) is 22.3 Å². The Morgan fingerprint density at radius 3 is 2.60 bits per heavy atom. The second-order valence-electron chi connectivity index (χ2n) is 6.48. The Bertz CT molecular complexity index is 402. The van der Waals surface area contributed by atoms with Crippen molar-refractivity contribution in [3.05, 3.63) is 5.89 Å². The number of aromatic nitrogens is 2. The molecule has 0 aromatic carbocycles. The molecule has 1 saturated carbocycles. The zero-order valence-electron chi connectivity index (χ0n) is 13.1. The lowest BCUT2D eigenvalue weighted by molar-refractivity contribution is 0.250. The Hall–Kier alpha value is -1.10. The van der Waals surface area contributed by atoms with Gasteiger partial charge in [0.05, 0.1) is 6.54 Å². The van der Waals surface area contributed by atoms with Crippen LogP contribution in [0, 0.1) is 11.8 Å². The normalized spacial score (nSPS) is 23.5. The van der Waals surface area contributed by atoms with E-state index in [1.807, 2.05) is 0 Å². The first-order chi connectivity index (χ1) is 9.56. The van der Waals surface area contributed by atoms with E-state index in [1.165, 1.54) is 25.7 Å². The largest absolute Gasteiger partial charge is 0.407 e. The van der Waals surface area contributed by atoms with Crippen LogP contribution in [0.3, 0.4) is 0 Å². The van der Waals surface area contributed by atoms with Crippen molar-refractivity contribution in [2.75, 3.05) is 5.32 Å². The predicted octanol–water partition coefficient (Wildman–Crippen LogP) is 3.19. The van der Waals surface area contributed by atoms with Crippen LogP contribution >= 0.6 is 0 Å². The number of hydrogen-bond acceptors (Lipinski definition) is 5. The molecule has 1 aliphatic carbocycles. The summed E-state index contributed by atoms with van der Waals surface area (Å²) in [5.41, 5.74) is 0. The fourth-order valence-corrected chi connectivity index (χ4v) is 2.97. The van der Waals surface area contributed by atoms with Gasteiger partial charge in [-0.25, -0.2) is 0 Å². The van der Waals surface area contributed by atoms with Crippen molar-refractivity contribution in [3.8, 4) is 0 Å². The molecule has 0 amide bonds. The predicted molar refractivity (Wildman–Crippen MR) is 80.5 cm³/mol. The van der Waals surface area contributed by atoms with Gasteiger partial charge in [-0.1, -0.05) is 45.6 Å². The van der Waals surface area contributed by atoms with Crippen molar-refractivity contribution in [1.82, 2.24) is 15.5 Å². The molecule has 2 N–H and O–H groups in total. The lowest BCUT2D eigenvalue weighted by Gasteiger charge is -2.34. The molecule has 0 spiro atoms. The average molecular weight is 280 g/mol. The summed E-state index contributed by atoms with van der Waals surface area (Å²) in [5.74, 6) is 2.05. The first-order valence-corrected chi connectivity index (χ1v) is 7.88. The van der Waals surface area contributed by atoms with Crippen molar-refractivity contribution in [3.63, 3.8) is 0 Å². The van der Waals surface area contributed by atoms with Gasteiger partial charge >= 0.3 is 6.01 Å². The summed E-state index contributed by atoms with van der Waals surface area (Å²) in [7, 11) is 0. The molecule has 1 heterocycles. The summed E-state index contributed by atoms with van der Waals surface area (Å²) >= 11 is 0. The van der Waals surface area contributed by atoms with Crippen LogP contribution in [0.15, 0.2) is 4.42 Å². The van der Waals surface area contributed by atoms with Crippen LogP contribution < -0.4 is 10.6 Å². The average Bonchev–Trinajstić information content (AvgIpc) is 2.84. The molecule has 1 aliphatic rings. The van der Waals surface area contributed by atoms with Crippen LogP contribution in [0.1, 0.15) is 59.3 Å². The summed E-state index contributed by atoms with van der Waals surface area (Å²) in [6.45, 7) is 9.44. The molecule has 2 unspecified atom stereocenters. The molecule has 2 rings (SSSR count). The van der Waals surface area contributed by atoms with E-state index in [9.17, 15) is 0 Å². The molecule has 0 radical (unpaired) electrons. The molecule has 20 heavy (non-hydrogen) atoms. The van der Waals surface area contributed by atoms with Gasteiger partial charge in [-0.15, -0.1) is 5.10 Å². The van der Waals surface area contributed by atoms with Crippen LogP contribution in [0.2, 0.25) is 0 Å². The van der Waals surface area contributed by atoms with Crippen molar-refractivity contribution >= 4 is 6.01 Å². The highest BCUT2D eigenvalue weighted by Crippen LogP contribution is 2.32. The van der Waals surface area contributed by atoms with Crippen molar-refractivity contribution in [1.29, 1.82) is 0 Å². The van der Waals surface area contributed by atoms with E-state index in [0.717, 1.165) is 0 Å². The molecule has 0 bridgehead atoms. The zero-order chi connectivity index (χ0) is 14.5. The van der Waals surface area contributed by atoms with Gasteiger partial charge in [0.15, 0.2) is 0 Å². The van der Waals surface area contributed by atoms with Crippen LogP contribution in [0.5, 0.6) is 0 Å². The summed E-state index contributed by atoms with van der Waals surface area (Å²) in [4.78, 5) is 0. The molecule has 114 valence electrons. The van der Waals surface area contributed by atoms with Crippen molar-refractivity contribution in [2.24, 2.45) is 11.8 Å². The third-order valence-corrected chi connectivity index (χ3v) is 4.11. The molecule has 5 nitrogen and oxygen atoms in total. The minimum absolute atomic E-state index is 0.418. The zero-order valence-corrected chi connectivity index (χ0v) is 13.1. The van der Waals surface area contributed by atoms with E-state index in [0.29, 0.717) is 42.4 Å². The molecule has 1 fully saturated rings. The number of hydrogen-bond donors (Lipinski definition) is 2. The third kappa shape index (κ3) is 4.20. The topological polar surface area (TPSA) is 63.0 Å². The van der Waals surface area contributed by atoms with E-state index in [4.69, 9.17) is 4.42 Å². The van der Waals surface area contributed by atoms with Gasteiger partial charge in [0.1, 0.15) is 0 Å². The van der Waals surface area contributed by atoms with Crippen molar-refractivity contribution < 1.29 is 4.42 Å². The molecule has 2 atom stereocenters. The Kier molecular flexibility index (Phi) is 5.40. The summed E-state index contributed by atoms with van der Waals surface area (Å²) in [5, 5.41) is 14.9. The molecule has 0 aliphatic heterocycles. The second kappa shape index (κ2) is 7.07. The van der Waals surface area contributed by atoms with Gasteiger partial charge in [-0.3, -0.25) is 0 Å². The second-order valence-corrected chi connectivity index (χ2v) is 6.48. The van der Waals surface area contributed by atoms with Gasteiger partial charge in [0, 0.05) is 12.1 Å². The Labute approximate surface area is 121 Å². The summed E-state index contributed by atoms with van der Waals surface area (Å²) < 4.78 is 5.67. The van der Waals surface area contributed by atoms with Gasteiger partial charge in [-0.05, 0) is 24.7 Å². The Morgan fingerprint density at radius 1 is 1.15 bits per heavy atom. The van der Waals surface area contributed by atoms with Gasteiger partial charge in [0.25, 0.3) is 0 Å². The maximum Gasteiger partial charge on any atom is 0.315 e. The van der Waals surface area contributed by atoms with E-state index in [2.05, 4.69) is 48.5 Å². The first-order valence-electron chi connectivity index (χ1n) is 7.88. The monoisotopic (exact) mass is 280 g/mol. The first kappa shape index (κ1) is 15.3. The fourth-order valence-electron chi connectivity index (χ4n) is 2.97. The quantitative estimate of drug-likeness (QED) is 0.838. The lowest BCUT2D eigenvalue weighted by Crippen LogP contribution is -2.35. The third-order valence-electron chi connectivity index (χ3n) is 4.11. The van der Waals surface area contributed by atoms with Crippen LogP contribution in [0.4, 0.5) is 6.01 Å². The summed E-state index contributed by atoms with van der Waals surface area (Å²) in [6.07, 6.45) is 5.13. The molecule has 5 heteroatoms.